The molecular formula is C21H21F3N6O2S. The number of ether oxygens (including phenoxy) is 1. The minimum atomic E-state index is -4.47. The van der Waals surface area contributed by atoms with Crippen molar-refractivity contribution in [2.45, 2.75) is 25.7 Å². The number of nitrogens with zero attached hydrogens (tertiary/aromatic N) is 5. The highest BCUT2D eigenvalue weighted by atomic mass is 32.1. The molecule has 12 heteroatoms. The number of carbonyl (C=O) groups is 1. The molecule has 3 heterocycles. The van der Waals surface area contributed by atoms with Crippen LogP contribution in [0.25, 0.3) is 0 Å². The van der Waals surface area contributed by atoms with Crippen LogP contribution in [0, 0.1) is 0 Å². The Kier molecular flexibility index (Phi) is 6.63. The number of carbonyl (C=O) groups excluding carboxylic acids is 1. The summed E-state index contributed by atoms with van der Waals surface area (Å²) >= 11 is 1.04. The average Bonchev–Trinajstić information content (AvgIpc) is 3.26. The molecule has 1 N–H and O–H groups in total. The van der Waals surface area contributed by atoms with E-state index in [9.17, 15) is 18.0 Å². The quantitative estimate of drug-likeness (QED) is 0.590. The molecule has 1 fully saturated rings. The number of aromatic nitrogens is 3. The van der Waals surface area contributed by atoms with Crippen molar-refractivity contribution in [3.63, 3.8) is 0 Å². The van der Waals surface area contributed by atoms with Crippen LogP contribution in [0.2, 0.25) is 0 Å². The first kappa shape index (κ1) is 22.8. The summed E-state index contributed by atoms with van der Waals surface area (Å²) in [5.41, 5.74) is 0.238. The van der Waals surface area contributed by atoms with E-state index in [4.69, 9.17) is 4.74 Å². The molecule has 0 aliphatic carbocycles. The molecule has 8 nitrogen and oxygen atoms in total. The standard InChI is InChI=1S/C21H21F3N6O2S/c1-14-12-29(18-19(28-33-27-18)32-13-15-5-7-25-8-6-15)9-10-30(14)20(31)26-17-4-2-3-16(11-17)21(22,23)24/h2-8,11,14H,9-10,12-13H2,1H3,(H,26,31)/t14-/m0/s1. The summed E-state index contributed by atoms with van der Waals surface area (Å²) in [4.78, 5) is 20.3. The van der Waals surface area contributed by atoms with Crippen molar-refractivity contribution in [1.82, 2.24) is 18.6 Å². The molecule has 3 aromatic rings. The van der Waals surface area contributed by atoms with Gasteiger partial charge in [0.2, 0.25) is 5.82 Å². The normalized spacial score (nSPS) is 16.5. The topological polar surface area (TPSA) is 83.5 Å². The fraction of sp³-hybridized carbons (Fsp3) is 0.333. The van der Waals surface area contributed by atoms with Gasteiger partial charge in [-0.1, -0.05) is 6.07 Å². The number of rotatable bonds is 5. The molecular weight excluding hydrogens is 457 g/mol. The molecule has 0 radical (unpaired) electrons. The maximum absolute atomic E-state index is 12.9. The SMILES string of the molecule is C[C@H]1CN(c2nsnc2OCc2ccncc2)CCN1C(=O)Nc1cccc(C(F)(F)F)c1. The number of hydrogen-bond donors (Lipinski definition) is 1. The van der Waals surface area contributed by atoms with Crippen molar-refractivity contribution in [2.75, 3.05) is 29.9 Å². The van der Waals surface area contributed by atoms with Crippen molar-refractivity contribution in [3.05, 3.63) is 59.9 Å². The number of nitrogens with one attached hydrogen (secondary N) is 1. The second kappa shape index (κ2) is 9.61. The molecule has 0 bridgehead atoms. The average molecular weight is 479 g/mol. The van der Waals surface area contributed by atoms with Gasteiger partial charge in [-0.05, 0) is 42.8 Å². The van der Waals surface area contributed by atoms with E-state index in [1.54, 1.807) is 17.3 Å². The summed E-state index contributed by atoms with van der Waals surface area (Å²) in [6.07, 6.45) is -1.10. The van der Waals surface area contributed by atoms with E-state index in [-0.39, 0.29) is 11.7 Å². The summed E-state index contributed by atoms with van der Waals surface area (Å²) in [7, 11) is 0. The Morgan fingerprint density at radius 2 is 2.00 bits per heavy atom. The van der Waals surface area contributed by atoms with Crippen LogP contribution in [0.15, 0.2) is 48.8 Å². The number of amides is 2. The van der Waals surface area contributed by atoms with Gasteiger partial charge in [0.15, 0.2) is 0 Å². The Morgan fingerprint density at radius 3 is 2.73 bits per heavy atom. The number of piperazine rings is 1. The first-order valence-corrected chi connectivity index (χ1v) is 10.9. The molecule has 4 rings (SSSR count). The van der Waals surface area contributed by atoms with Crippen molar-refractivity contribution in [3.8, 4) is 5.88 Å². The molecule has 33 heavy (non-hydrogen) atoms. The largest absolute Gasteiger partial charge is 0.470 e. The van der Waals surface area contributed by atoms with E-state index >= 15 is 0 Å². The molecule has 0 unspecified atom stereocenters. The van der Waals surface area contributed by atoms with Crippen molar-refractivity contribution in [2.24, 2.45) is 0 Å². The summed E-state index contributed by atoms with van der Waals surface area (Å²) < 4.78 is 53.2. The first-order chi connectivity index (χ1) is 15.8. The van der Waals surface area contributed by atoms with Crippen molar-refractivity contribution in [1.29, 1.82) is 0 Å². The van der Waals surface area contributed by atoms with Gasteiger partial charge in [0.25, 0.3) is 5.88 Å². The summed E-state index contributed by atoms with van der Waals surface area (Å²) in [6.45, 7) is 3.53. The number of alkyl halides is 3. The first-order valence-electron chi connectivity index (χ1n) is 10.2. The van der Waals surface area contributed by atoms with Crippen molar-refractivity contribution >= 4 is 29.3 Å². The Labute approximate surface area is 192 Å². The number of pyridine rings is 1. The Hall–Kier alpha value is -3.41. The summed E-state index contributed by atoms with van der Waals surface area (Å²) in [5, 5.41) is 2.57. The van der Waals surface area contributed by atoms with Crippen LogP contribution in [-0.2, 0) is 12.8 Å². The highest BCUT2D eigenvalue weighted by Crippen LogP contribution is 2.31. The lowest BCUT2D eigenvalue weighted by molar-refractivity contribution is -0.137. The maximum Gasteiger partial charge on any atom is 0.416 e. The second-order valence-electron chi connectivity index (χ2n) is 7.53. The van der Waals surface area contributed by atoms with Gasteiger partial charge in [-0.25, -0.2) is 4.79 Å². The minimum Gasteiger partial charge on any atom is -0.470 e. The second-order valence-corrected chi connectivity index (χ2v) is 8.06. The lowest BCUT2D eigenvalue weighted by atomic mass is 10.2. The number of hydrogen-bond acceptors (Lipinski definition) is 7. The van der Waals surface area contributed by atoms with E-state index in [2.05, 4.69) is 19.0 Å². The zero-order chi connectivity index (χ0) is 23.4. The highest BCUT2D eigenvalue weighted by molar-refractivity contribution is 6.99. The molecule has 2 aromatic heterocycles. The zero-order valence-electron chi connectivity index (χ0n) is 17.6. The van der Waals surface area contributed by atoms with Crippen LogP contribution < -0.4 is 15.0 Å². The molecule has 0 saturated carbocycles. The third-order valence-electron chi connectivity index (χ3n) is 5.20. The van der Waals surface area contributed by atoms with Crippen molar-refractivity contribution < 1.29 is 22.7 Å². The molecule has 1 aliphatic rings. The third kappa shape index (κ3) is 5.51. The van der Waals surface area contributed by atoms with Crippen LogP contribution >= 0.6 is 11.7 Å². The smallest absolute Gasteiger partial charge is 0.416 e. The van der Waals surface area contributed by atoms with Crippen LogP contribution in [0.1, 0.15) is 18.1 Å². The molecule has 0 spiro atoms. The monoisotopic (exact) mass is 478 g/mol. The third-order valence-corrected chi connectivity index (χ3v) is 5.70. The minimum absolute atomic E-state index is 0.0972. The molecule has 1 saturated heterocycles. The van der Waals surface area contributed by atoms with Gasteiger partial charge in [0, 0.05) is 43.8 Å². The Bertz CT molecular complexity index is 1090. The van der Waals surface area contributed by atoms with E-state index < -0.39 is 17.8 Å². The van der Waals surface area contributed by atoms with E-state index in [1.165, 1.54) is 12.1 Å². The summed E-state index contributed by atoms with van der Waals surface area (Å²) in [6, 6.07) is 7.63. The van der Waals surface area contributed by atoms with Gasteiger partial charge in [0.05, 0.1) is 17.3 Å². The van der Waals surface area contributed by atoms with E-state index in [1.807, 2.05) is 24.0 Å². The van der Waals surface area contributed by atoms with Gasteiger partial charge in [0.1, 0.15) is 6.61 Å². The molecule has 1 atom stereocenters. The fourth-order valence-electron chi connectivity index (χ4n) is 3.51. The van der Waals surface area contributed by atoms with E-state index in [0.717, 1.165) is 29.4 Å². The molecule has 1 aliphatic heterocycles. The van der Waals surface area contributed by atoms with Crippen LogP contribution in [0.4, 0.5) is 29.5 Å². The van der Waals surface area contributed by atoms with Crippen LogP contribution in [-0.4, -0.2) is 50.3 Å². The molecule has 174 valence electrons. The number of urea groups is 1. The summed E-state index contributed by atoms with van der Waals surface area (Å²) in [5.74, 6) is 1.03. The molecule has 1 aromatic carbocycles. The van der Waals surface area contributed by atoms with Gasteiger partial charge >= 0.3 is 12.2 Å². The van der Waals surface area contributed by atoms with Crippen LogP contribution in [0.3, 0.4) is 0 Å². The maximum atomic E-state index is 12.9. The number of benzene rings is 1. The molecule has 2 amide bonds. The predicted octanol–water partition coefficient (Wildman–Crippen LogP) is 4.27. The van der Waals surface area contributed by atoms with Gasteiger partial charge < -0.3 is 19.9 Å². The predicted molar refractivity (Wildman–Crippen MR) is 117 cm³/mol. The number of halogens is 3. The highest BCUT2D eigenvalue weighted by Gasteiger charge is 2.32. The Balaban J connectivity index is 1.36. The lowest BCUT2D eigenvalue weighted by Crippen LogP contribution is -2.55. The van der Waals surface area contributed by atoms with Gasteiger partial charge in [-0.2, -0.15) is 17.5 Å². The van der Waals surface area contributed by atoms with Gasteiger partial charge in [-0.15, -0.1) is 4.37 Å². The number of anilines is 2. The fourth-order valence-corrected chi connectivity index (χ4v) is 4.03. The Morgan fingerprint density at radius 1 is 1.21 bits per heavy atom. The zero-order valence-corrected chi connectivity index (χ0v) is 18.4. The van der Waals surface area contributed by atoms with Gasteiger partial charge in [-0.3, -0.25) is 4.98 Å². The van der Waals surface area contributed by atoms with E-state index in [0.29, 0.717) is 37.9 Å². The lowest BCUT2D eigenvalue weighted by Gasteiger charge is -2.39. The van der Waals surface area contributed by atoms with Crippen LogP contribution in [0.5, 0.6) is 5.88 Å².